The zero-order chi connectivity index (χ0) is 41.5. The fourth-order valence-corrected chi connectivity index (χ4v) is 11.5. The molecule has 0 amide bonds. The number of aromatic nitrogens is 4. The van der Waals surface area contributed by atoms with Crippen molar-refractivity contribution in [2.75, 3.05) is 0 Å². The molecule has 5 heteroatoms. The van der Waals surface area contributed by atoms with Crippen LogP contribution in [0.4, 0.5) is 0 Å². The molecule has 3 heterocycles. The van der Waals surface area contributed by atoms with Crippen molar-refractivity contribution in [3.05, 3.63) is 241 Å². The normalized spacial score (nSPS) is 13.1. The molecular weight excluding hydrogens is 785 g/mol. The number of benzene rings is 9. The van der Waals surface area contributed by atoms with Crippen LogP contribution in [0.3, 0.4) is 0 Å². The van der Waals surface area contributed by atoms with Gasteiger partial charge < -0.3 is 4.57 Å². The monoisotopic (exact) mass is 820 g/mol. The summed E-state index contributed by atoms with van der Waals surface area (Å²) < 4.78 is 2.40. The van der Waals surface area contributed by atoms with Crippen LogP contribution >= 0.6 is 11.8 Å². The number of nitrogens with zero attached hydrogens (tertiary/aromatic N) is 4. The minimum atomic E-state index is -0.601. The Bertz CT molecular complexity index is 3490. The van der Waals surface area contributed by atoms with Crippen molar-refractivity contribution in [1.82, 2.24) is 19.5 Å². The van der Waals surface area contributed by atoms with Gasteiger partial charge in [0.2, 0.25) is 0 Å². The minimum absolute atomic E-state index is 0.601. The first-order chi connectivity index (χ1) is 31.2. The molecule has 0 atom stereocenters. The predicted octanol–water partition coefficient (Wildman–Crippen LogP) is 14.5. The summed E-state index contributed by atoms with van der Waals surface area (Å²) in [6.45, 7) is 0. The lowest BCUT2D eigenvalue weighted by Crippen LogP contribution is -2.32. The summed E-state index contributed by atoms with van der Waals surface area (Å²) in [4.78, 5) is 18.3. The molecule has 2 aliphatic rings. The van der Waals surface area contributed by atoms with Crippen LogP contribution < -0.4 is 0 Å². The topological polar surface area (TPSA) is 43.6 Å². The zero-order valence-electron chi connectivity index (χ0n) is 34.0. The lowest BCUT2D eigenvalue weighted by molar-refractivity contribution is 0.723. The quantitative estimate of drug-likeness (QED) is 0.173. The van der Waals surface area contributed by atoms with Crippen molar-refractivity contribution in [2.24, 2.45) is 0 Å². The Morgan fingerprint density at radius 2 is 0.889 bits per heavy atom. The van der Waals surface area contributed by atoms with Crippen LogP contribution in [0.5, 0.6) is 0 Å². The molecule has 2 aromatic heterocycles. The van der Waals surface area contributed by atoms with Gasteiger partial charge in [-0.1, -0.05) is 188 Å². The number of fused-ring (bicyclic) bond motifs is 12. The van der Waals surface area contributed by atoms with E-state index in [1.165, 1.54) is 54.6 Å². The molecule has 0 saturated carbocycles. The molecule has 13 rings (SSSR count). The van der Waals surface area contributed by atoms with Gasteiger partial charge in [-0.05, 0) is 87.0 Å². The van der Waals surface area contributed by atoms with Crippen molar-refractivity contribution >= 4 is 33.6 Å². The number of hydrogen-bond donors (Lipinski definition) is 0. The zero-order valence-corrected chi connectivity index (χ0v) is 34.8. The van der Waals surface area contributed by atoms with Gasteiger partial charge in [-0.25, -0.2) is 15.0 Å². The van der Waals surface area contributed by atoms with E-state index in [1.54, 1.807) is 0 Å². The molecule has 0 unspecified atom stereocenters. The van der Waals surface area contributed by atoms with E-state index in [2.05, 4.69) is 187 Å². The van der Waals surface area contributed by atoms with Gasteiger partial charge in [0.1, 0.15) is 0 Å². The number of para-hydroxylation sites is 2. The highest BCUT2D eigenvalue weighted by atomic mass is 32.2. The van der Waals surface area contributed by atoms with Crippen molar-refractivity contribution in [1.29, 1.82) is 0 Å². The third-order valence-electron chi connectivity index (χ3n) is 12.9. The van der Waals surface area contributed by atoms with Gasteiger partial charge in [-0.15, -0.1) is 0 Å². The average molecular weight is 821 g/mol. The molecule has 9 aromatic carbocycles. The molecule has 294 valence electrons. The van der Waals surface area contributed by atoms with Crippen LogP contribution in [0.25, 0.3) is 83.9 Å². The minimum Gasteiger partial charge on any atom is -0.309 e. The summed E-state index contributed by atoms with van der Waals surface area (Å²) in [6.07, 6.45) is 0. The van der Waals surface area contributed by atoms with E-state index in [9.17, 15) is 0 Å². The first-order valence-electron chi connectivity index (χ1n) is 21.4. The van der Waals surface area contributed by atoms with Gasteiger partial charge in [0, 0.05) is 42.9 Å². The second-order valence-electron chi connectivity index (χ2n) is 16.3. The first kappa shape index (κ1) is 35.9. The van der Waals surface area contributed by atoms with E-state index in [0.29, 0.717) is 17.5 Å². The molecule has 0 radical (unpaired) electrons. The van der Waals surface area contributed by atoms with Gasteiger partial charge in [0.05, 0.1) is 16.4 Å². The Labute approximate surface area is 369 Å². The maximum absolute atomic E-state index is 5.39. The summed E-state index contributed by atoms with van der Waals surface area (Å²) in [7, 11) is 0. The molecular formula is C58H36N4S. The molecule has 63 heavy (non-hydrogen) atoms. The van der Waals surface area contributed by atoms with Crippen molar-refractivity contribution in [3.8, 4) is 62.1 Å². The van der Waals surface area contributed by atoms with Gasteiger partial charge in [-0.3, -0.25) is 0 Å². The fourth-order valence-electron chi connectivity index (χ4n) is 10.2. The molecule has 1 aliphatic heterocycles. The molecule has 0 saturated heterocycles. The summed E-state index contributed by atoms with van der Waals surface area (Å²) >= 11 is 1.82. The van der Waals surface area contributed by atoms with Crippen LogP contribution in [0.1, 0.15) is 22.3 Å². The standard InChI is InChI=1S/C58H36N4S/c1-4-18-37(19-5-1)55-59-56(38-20-6-2-7-21-38)61-57(60-55)46-34-40(39-32-33-45-44-26-12-16-30-51(44)62(52(45)36-39)41-22-8-3-9-23-41)35-50-54(46)63-53-31-17-15-29-49(53)58(50)47-27-13-10-24-42(47)43-25-11-14-28-48(43)58/h1-36H. The highest BCUT2D eigenvalue weighted by molar-refractivity contribution is 7.99. The van der Waals surface area contributed by atoms with Gasteiger partial charge in [-0.2, -0.15) is 0 Å². The number of rotatable bonds is 5. The van der Waals surface area contributed by atoms with Crippen LogP contribution in [-0.4, -0.2) is 19.5 Å². The Hall–Kier alpha value is -7.86. The van der Waals surface area contributed by atoms with Crippen molar-refractivity contribution in [2.45, 2.75) is 15.2 Å². The highest BCUT2D eigenvalue weighted by Gasteiger charge is 2.51. The molecule has 0 fully saturated rings. The van der Waals surface area contributed by atoms with Crippen LogP contribution in [0.15, 0.2) is 228 Å². The highest BCUT2D eigenvalue weighted by Crippen LogP contribution is 2.63. The lowest BCUT2D eigenvalue weighted by atomic mass is 9.66. The Morgan fingerprint density at radius 3 is 1.57 bits per heavy atom. The van der Waals surface area contributed by atoms with E-state index in [-0.39, 0.29) is 0 Å². The van der Waals surface area contributed by atoms with E-state index >= 15 is 0 Å². The SMILES string of the molecule is c1ccc(-c2nc(-c3ccccc3)nc(-c3cc(-c4ccc5c6ccccc6n(-c6ccccc6)c5c4)cc4c3Sc3ccccc3C43c4ccccc4-c4ccccc43)n2)cc1. The molecule has 11 aromatic rings. The molecule has 4 nitrogen and oxygen atoms in total. The fraction of sp³-hybridized carbons (Fsp3) is 0.0172. The Balaban J connectivity index is 1.16. The van der Waals surface area contributed by atoms with Crippen molar-refractivity contribution < 1.29 is 0 Å². The van der Waals surface area contributed by atoms with Crippen LogP contribution in [0.2, 0.25) is 0 Å². The predicted molar refractivity (Wildman–Crippen MR) is 257 cm³/mol. The van der Waals surface area contributed by atoms with Gasteiger partial charge >= 0.3 is 0 Å². The van der Waals surface area contributed by atoms with Gasteiger partial charge in [0.15, 0.2) is 17.5 Å². The van der Waals surface area contributed by atoms with E-state index in [4.69, 9.17) is 15.0 Å². The summed E-state index contributed by atoms with van der Waals surface area (Å²) in [5, 5.41) is 2.45. The summed E-state index contributed by atoms with van der Waals surface area (Å²) in [5.74, 6) is 1.92. The van der Waals surface area contributed by atoms with E-state index in [0.717, 1.165) is 43.9 Å². The van der Waals surface area contributed by atoms with E-state index < -0.39 is 5.41 Å². The van der Waals surface area contributed by atoms with Crippen molar-refractivity contribution in [3.63, 3.8) is 0 Å². The van der Waals surface area contributed by atoms with Crippen LogP contribution in [0, 0.1) is 0 Å². The van der Waals surface area contributed by atoms with E-state index in [1.807, 2.05) is 48.2 Å². The molecule has 1 spiro atoms. The Morgan fingerprint density at radius 1 is 0.349 bits per heavy atom. The third kappa shape index (κ3) is 5.40. The molecule has 1 aliphatic carbocycles. The maximum Gasteiger partial charge on any atom is 0.165 e. The average Bonchev–Trinajstić information content (AvgIpc) is 3.85. The second kappa shape index (κ2) is 14.1. The Kier molecular flexibility index (Phi) is 8.02. The largest absolute Gasteiger partial charge is 0.309 e. The van der Waals surface area contributed by atoms with Gasteiger partial charge in [0.25, 0.3) is 0 Å². The smallest absolute Gasteiger partial charge is 0.165 e. The number of hydrogen-bond acceptors (Lipinski definition) is 4. The second-order valence-corrected chi connectivity index (χ2v) is 17.4. The summed E-state index contributed by atoms with van der Waals surface area (Å²) in [6, 6.07) is 78.7. The first-order valence-corrected chi connectivity index (χ1v) is 22.2. The summed E-state index contributed by atoms with van der Waals surface area (Å²) in [5.41, 5.74) is 15.5. The van der Waals surface area contributed by atoms with Crippen LogP contribution in [-0.2, 0) is 5.41 Å². The maximum atomic E-state index is 5.39. The molecule has 0 bridgehead atoms. The molecule has 0 N–H and O–H groups in total. The third-order valence-corrected chi connectivity index (χ3v) is 14.1. The lowest BCUT2D eigenvalue weighted by Gasteiger charge is -2.40.